The highest BCUT2D eigenvalue weighted by molar-refractivity contribution is 7.12. The number of aryl methyl sites for hydroxylation is 2. The van der Waals surface area contributed by atoms with E-state index in [0.717, 1.165) is 6.42 Å². The molecule has 0 saturated carbocycles. The van der Waals surface area contributed by atoms with Crippen LogP contribution in [0.2, 0.25) is 0 Å². The molecule has 1 nitrogen and oxygen atoms in total. The van der Waals surface area contributed by atoms with Crippen molar-refractivity contribution in [2.24, 2.45) is 11.7 Å². The zero-order valence-electron chi connectivity index (χ0n) is 8.92. The molecular weight excluding hydrogens is 178 g/mol. The van der Waals surface area contributed by atoms with E-state index in [4.69, 9.17) is 5.73 Å². The monoisotopic (exact) mass is 197 g/mol. The highest BCUT2D eigenvalue weighted by Crippen LogP contribution is 2.28. The summed E-state index contributed by atoms with van der Waals surface area (Å²) in [5, 5.41) is 0. The standard InChI is InChI=1S/C11H19NS/c1-7(2)5-10(12)11-6-8(3)9(4)13-11/h6-7,10H,5,12H2,1-4H3. The van der Waals surface area contributed by atoms with Crippen LogP contribution in [0, 0.1) is 19.8 Å². The zero-order valence-corrected chi connectivity index (χ0v) is 9.74. The lowest BCUT2D eigenvalue weighted by atomic mass is 10.0. The van der Waals surface area contributed by atoms with Crippen LogP contribution in [0.5, 0.6) is 0 Å². The van der Waals surface area contributed by atoms with Crippen LogP contribution in [0.25, 0.3) is 0 Å². The molecule has 1 atom stereocenters. The van der Waals surface area contributed by atoms with Gasteiger partial charge in [0.15, 0.2) is 0 Å². The number of hydrogen-bond acceptors (Lipinski definition) is 2. The van der Waals surface area contributed by atoms with Crippen molar-refractivity contribution in [3.05, 3.63) is 21.4 Å². The van der Waals surface area contributed by atoms with Gasteiger partial charge in [0.05, 0.1) is 0 Å². The molecule has 1 unspecified atom stereocenters. The van der Waals surface area contributed by atoms with Crippen molar-refractivity contribution in [1.29, 1.82) is 0 Å². The lowest BCUT2D eigenvalue weighted by Gasteiger charge is -2.11. The molecule has 13 heavy (non-hydrogen) atoms. The Hall–Kier alpha value is -0.340. The van der Waals surface area contributed by atoms with Gasteiger partial charge in [-0.2, -0.15) is 0 Å². The Morgan fingerprint density at radius 3 is 2.38 bits per heavy atom. The van der Waals surface area contributed by atoms with Crippen molar-refractivity contribution in [2.75, 3.05) is 0 Å². The van der Waals surface area contributed by atoms with E-state index in [1.807, 2.05) is 11.3 Å². The van der Waals surface area contributed by atoms with Gasteiger partial charge in [0.2, 0.25) is 0 Å². The Morgan fingerprint density at radius 2 is 2.00 bits per heavy atom. The maximum Gasteiger partial charge on any atom is 0.0392 e. The lowest BCUT2D eigenvalue weighted by molar-refractivity contribution is 0.515. The fraction of sp³-hybridized carbons (Fsp3) is 0.636. The quantitative estimate of drug-likeness (QED) is 0.789. The third kappa shape index (κ3) is 2.82. The maximum absolute atomic E-state index is 6.09. The topological polar surface area (TPSA) is 26.0 Å². The summed E-state index contributed by atoms with van der Waals surface area (Å²) in [5.41, 5.74) is 7.46. The van der Waals surface area contributed by atoms with Gasteiger partial charge in [0.1, 0.15) is 0 Å². The van der Waals surface area contributed by atoms with Crippen LogP contribution in [-0.4, -0.2) is 0 Å². The Bertz CT molecular complexity index is 256. The molecule has 2 N–H and O–H groups in total. The average molecular weight is 197 g/mol. The SMILES string of the molecule is Cc1cc(C(N)CC(C)C)sc1C. The summed E-state index contributed by atoms with van der Waals surface area (Å²) in [6.45, 7) is 8.74. The van der Waals surface area contributed by atoms with Crippen LogP contribution in [0.15, 0.2) is 6.07 Å². The van der Waals surface area contributed by atoms with E-state index < -0.39 is 0 Å². The summed E-state index contributed by atoms with van der Waals surface area (Å²) >= 11 is 1.84. The van der Waals surface area contributed by atoms with Crippen LogP contribution in [0.4, 0.5) is 0 Å². The Balaban J connectivity index is 2.71. The molecule has 0 aliphatic rings. The molecule has 1 aromatic rings. The molecular formula is C11H19NS. The van der Waals surface area contributed by atoms with E-state index >= 15 is 0 Å². The van der Waals surface area contributed by atoms with Crippen molar-refractivity contribution in [1.82, 2.24) is 0 Å². The van der Waals surface area contributed by atoms with Gasteiger partial charge in [0.25, 0.3) is 0 Å². The van der Waals surface area contributed by atoms with Gasteiger partial charge >= 0.3 is 0 Å². The molecule has 74 valence electrons. The van der Waals surface area contributed by atoms with Gasteiger partial charge in [0, 0.05) is 15.8 Å². The van der Waals surface area contributed by atoms with E-state index in [-0.39, 0.29) is 6.04 Å². The molecule has 0 aliphatic carbocycles. The van der Waals surface area contributed by atoms with Gasteiger partial charge in [-0.3, -0.25) is 0 Å². The van der Waals surface area contributed by atoms with Crippen LogP contribution >= 0.6 is 11.3 Å². The first-order chi connectivity index (χ1) is 6.00. The molecule has 0 aromatic carbocycles. The Kier molecular flexibility index (Phi) is 3.51. The van der Waals surface area contributed by atoms with E-state index in [9.17, 15) is 0 Å². The minimum Gasteiger partial charge on any atom is -0.323 e. The Morgan fingerprint density at radius 1 is 1.38 bits per heavy atom. The van der Waals surface area contributed by atoms with Gasteiger partial charge in [-0.1, -0.05) is 13.8 Å². The third-order valence-corrected chi connectivity index (χ3v) is 3.56. The number of nitrogens with two attached hydrogens (primary N) is 1. The highest BCUT2D eigenvalue weighted by Gasteiger charge is 2.11. The number of rotatable bonds is 3. The largest absolute Gasteiger partial charge is 0.323 e. The van der Waals surface area contributed by atoms with Gasteiger partial charge in [-0.05, 0) is 37.8 Å². The minimum atomic E-state index is 0.234. The molecule has 2 heteroatoms. The second-order valence-corrected chi connectivity index (χ2v) is 5.41. The molecule has 1 rings (SSSR count). The smallest absolute Gasteiger partial charge is 0.0392 e. The van der Waals surface area contributed by atoms with Crippen molar-refractivity contribution >= 4 is 11.3 Å². The maximum atomic E-state index is 6.09. The van der Waals surface area contributed by atoms with E-state index in [0.29, 0.717) is 5.92 Å². The molecule has 0 radical (unpaired) electrons. The minimum absolute atomic E-state index is 0.234. The molecule has 0 fully saturated rings. The zero-order chi connectivity index (χ0) is 10.0. The van der Waals surface area contributed by atoms with Crippen molar-refractivity contribution in [3.63, 3.8) is 0 Å². The normalized spacial score (nSPS) is 13.7. The van der Waals surface area contributed by atoms with Crippen LogP contribution in [0.1, 0.15) is 41.6 Å². The first-order valence-electron chi connectivity index (χ1n) is 4.83. The van der Waals surface area contributed by atoms with Gasteiger partial charge < -0.3 is 5.73 Å². The molecule has 0 bridgehead atoms. The Labute approximate surface area is 85.0 Å². The van der Waals surface area contributed by atoms with E-state index in [2.05, 4.69) is 33.8 Å². The molecule has 1 heterocycles. The summed E-state index contributed by atoms with van der Waals surface area (Å²) < 4.78 is 0. The van der Waals surface area contributed by atoms with Crippen LogP contribution < -0.4 is 5.73 Å². The van der Waals surface area contributed by atoms with Gasteiger partial charge in [-0.15, -0.1) is 11.3 Å². The molecule has 0 aliphatic heterocycles. The predicted octanol–water partition coefficient (Wildman–Crippen LogP) is 3.41. The second-order valence-electron chi connectivity index (χ2n) is 4.12. The van der Waals surface area contributed by atoms with Crippen molar-refractivity contribution in [3.8, 4) is 0 Å². The second kappa shape index (κ2) is 4.25. The highest BCUT2D eigenvalue weighted by atomic mass is 32.1. The summed E-state index contributed by atoms with van der Waals surface area (Å²) in [7, 11) is 0. The summed E-state index contributed by atoms with van der Waals surface area (Å²) in [6, 6.07) is 2.46. The van der Waals surface area contributed by atoms with Crippen LogP contribution in [0.3, 0.4) is 0 Å². The van der Waals surface area contributed by atoms with Gasteiger partial charge in [-0.25, -0.2) is 0 Å². The van der Waals surface area contributed by atoms with Crippen molar-refractivity contribution < 1.29 is 0 Å². The summed E-state index contributed by atoms with van der Waals surface area (Å²) in [5.74, 6) is 0.678. The fourth-order valence-corrected chi connectivity index (χ4v) is 2.47. The first kappa shape index (κ1) is 10.7. The average Bonchev–Trinajstić information content (AvgIpc) is 2.31. The van der Waals surface area contributed by atoms with Crippen LogP contribution in [-0.2, 0) is 0 Å². The predicted molar refractivity (Wildman–Crippen MR) is 60.2 cm³/mol. The molecule has 0 spiro atoms. The molecule has 0 amide bonds. The summed E-state index contributed by atoms with van der Waals surface area (Å²) in [4.78, 5) is 2.73. The van der Waals surface area contributed by atoms with Crippen molar-refractivity contribution in [2.45, 2.75) is 40.2 Å². The molecule has 0 saturated heterocycles. The first-order valence-corrected chi connectivity index (χ1v) is 5.65. The van der Waals surface area contributed by atoms with E-state index in [1.165, 1.54) is 15.3 Å². The third-order valence-electron chi connectivity index (χ3n) is 2.28. The fourth-order valence-electron chi connectivity index (χ4n) is 1.41. The number of hydrogen-bond donors (Lipinski definition) is 1. The van der Waals surface area contributed by atoms with E-state index in [1.54, 1.807) is 0 Å². The lowest BCUT2D eigenvalue weighted by Crippen LogP contribution is -2.11. The summed E-state index contributed by atoms with van der Waals surface area (Å²) in [6.07, 6.45) is 1.08. The number of thiophene rings is 1. The molecule has 1 aromatic heterocycles.